The van der Waals surface area contributed by atoms with Crippen molar-refractivity contribution in [3.05, 3.63) is 52.1 Å². The van der Waals surface area contributed by atoms with Gasteiger partial charge in [-0.3, -0.25) is 10.1 Å². The zero-order valence-electron chi connectivity index (χ0n) is 11.2. The Hall–Kier alpha value is -2.83. The quantitative estimate of drug-likeness (QED) is 0.670. The smallest absolute Gasteiger partial charge is 0.311 e. The van der Waals surface area contributed by atoms with E-state index in [4.69, 9.17) is 10.5 Å². The van der Waals surface area contributed by atoms with Crippen LogP contribution in [0.3, 0.4) is 0 Å². The summed E-state index contributed by atoms with van der Waals surface area (Å²) in [6.07, 6.45) is 0. The lowest BCUT2D eigenvalue weighted by molar-refractivity contribution is -0.384. The number of pyridine rings is 1. The lowest BCUT2D eigenvalue weighted by Gasteiger charge is -2.20. The van der Waals surface area contributed by atoms with Crippen LogP contribution in [-0.4, -0.2) is 23.1 Å². The second-order valence-electron chi connectivity index (χ2n) is 4.71. The van der Waals surface area contributed by atoms with Gasteiger partial charge in [-0.05, 0) is 12.1 Å². The fourth-order valence-electron chi connectivity index (χ4n) is 2.34. The second-order valence-corrected chi connectivity index (χ2v) is 4.71. The molecule has 1 aromatic heterocycles. The van der Waals surface area contributed by atoms with E-state index >= 15 is 0 Å². The van der Waals surface area contributed by atoms with Crippen LogP contribution in [0.5, 0.6) is 5.75 Å². The van der Waals surface area contributed by atoms with Gasteiger partial charge in [0, 0.05) is 18.2 Å². The monoisotopic (exact) mass is 286 g/mol. The molecule has 2 aromatic rings. The molecule has 2 N–H and O–H groups in total. The van der Waals surface area contributed by atoms with E-state index < -0.39 is 4.92 Å². The lowest BCUT2D eigenvalue weighted by atomic mass is 10.2. The van der Waals surface area contributed by atoms with Crippen LogP contribution in [0.15, 0.2) is 36.4 Å². The van der Waals surface area contributed by atoms with Crippen LogP contribution in [0.4, 0.5) is 17.3 Å². The summed E-state index contributed by atoms with van der Waals surface area (Å²) in [7, 11) is 0. The molecular weight excluding hydrogens is 272 g/mol. The molecule has 0 aliphatic carbocycles. The Labute approximate surface area is 121 Å². The van der Waals surface area contributed by atoms with Gasteiger partial charge in [-0.15, -0.1) is 0 Å². The maximum absolute atomic E-state index is 11.2. The first-order valence-corrected chi connectivity index (χ1v) is 6.52. The minimum absolute atomic E-state index is 0.0522. The normalized spacial score (nSPS) is 14.0. The zero-order chi connectivity index (χ0) is 14.8. The van der Waals surface area contributed by atoms with Gasteiger partial charge in [0.05, 0.1) is 11.5 Å². The Balaban J connectivity index is 2.01. The Morgan fingerprint density at radius 1 is 1.29 bits per heavy atom. The Kier molecular flexibility index (Phi) is 3.31. The highest BCUT2D eigenvalue weighted by atomic mass is 16.6. The number of hydrogen-bond acceptors (Lipinski definition) is 6. The number of aromatic nitrogens is 1. The molecule has 0 unspecified atom stereocenters. The molecule has 0 radical (unpaired) electrons. The fraction of sp³-hybridized carbons (Fsp3) is 0.214. The number of nitrogen functional groups attached to an aromatic ring is 1. The third-order valence-electron chi connectivity index (χ3n) is 3.32. The van der Waals surface area contributed by atoms with Crippen LogP contribution < -0.4 is 15.4 Å². The average molecular weight is 286 g/mol. The zero-order valence-corrected chi connectivity index (χ0v) is 11.2. The Morgan fingerprint density at radius 3 is 2.90 bits per heavy atom. The van der Waals surface area contributed by atoms with Crippen LogP contribution in [-0.2, 0) is 6.54 Å². The molecule has 7 heteroatoms. The Morgan fingerprint density at radius 2 is 2.10 bits per heavy atom. The predicted molar refractivity (Wildman–Crippen MR) is 78.3 cm³/mol. The van der Waals surface area contributed by atoms with Crippen molar-refractivity contribution in [3.63, 3.8) is 0 Å². The van der Waals surface area contributed by atoms with E-state index in [1.165, 1.54) is 12.1 Å². The molecule has 1 aliphatic rings. The highest BCUT2D eigenvalue weighted by Crippen LogP contribution is 2.31. The maximum atomic E-state index is 11.2. The van der Waals surface area contributed by atoms with Crippen LogP contribution >= 0.6 is 0 Å². The number of nitro groups is 1. The third-order valence-corrected chi connectivity index (χ3v) is 3.32. The lowest BCUT2D eigenvalue weighted by Crippen LogP contribution is -2.27. The molecule has 108 valence electrons. The summed E-state index contributed by atoms with van der Waals surface area (Å²) in [6, 6.07) is 10.5. The van der Waals surface area contributed by atoms with Gasteiger partial charge in [0.2, 0.25) is 5.82 Å². The summed E-state index contributed by atoms with van der Waals surface area (Å²) in [5.41, 5.74) is 6.59. The number of hydrogen-bond donors (Lipinski definition) is 1. The summed E-state index contributed by atoms with van der Waals surface area (Å²) in [5, 5.41) is 11.2. The van der Waals surface area contributed by atoms with Gasteiger partial charge >= 0.3 is 5.69 Å². The van der Waals surface area contributed by atoms with Crippen LogP contribution in [0.2, 0.25) is 0 Å². The van der Waals surface area contributed by atoms with E-state index in [1.807, 2.05) is 29.2 Å². The van der Waals surface area contributed by atoms with Crippen molar-refractivity contribution in [2.75, 3.05) is 23.8 Å². The molecule has 1 aromatic carbocycles. The van der Waals surface area contributed by atoms with E-state index in [0.717, 1.165) is 11.3 Å². The molecule has 0 atom stereocenters. The number of rotatable bonds is 2. The summed E-state index contributed by atoms with van der Waals surface area (Å²) in [4.78, 5) is 16.7. The second kappa shape index (κ2) is 5.28. The summed E-state index contributed by atoms with van der Waals surface area (Å²) < 4.78 is 5.66. The van der Waals surface area contributed by atoms with E-state index in [9.17, 15) is 10.1 Å². The van der Waals surface area contributed by atoms with Crippen molar-refractivity contribution in [1.29, 1.82) is 0 Å². The van der Waals surface area contributed by atoms with Crippen molar-refractivity contribution in [2.45, 2.75) is 6.54 Å². The Bertz CT molecular complexity index is 690. The first-order chi connectivity index (χ1) is 10.1. The van der Waals surface area contributed by atoms with Crippen molar-refractivity contribution < 1.29 is 9.66 Å². The van der Waals surface area contributed by atoms with Gasteiger partial charge in [-0.1, -0.05) is 18.2 Å². The van der Waals surface area contributed by atoms with Gasteiger partial charge in [0.15, 0.2) is 0 Å². The molecule has 21 heavy (non-hydrogen) atoms. The third kappa shape index (κ3) is 2.58. The van der Waals surface area contributed by atoms with Crippen LogP contribution in [0.1, 0.15) is 5.56 Å². The molecule has 7 nitrogen and oxygen atoms in total. The number of benzene rings is 1. The van der Waals surface area contributed by atoms with Crippen molar-refractivity contribution in [1.82, 2.24) is 4.98 Å². The SMILES string of the molecule is Nc1ccc([N+](=O)[O-])c(N2CCOc3ccccc3C2)n1. The van der Waals surface area contributed by atoms with Crippen molar-refractivity contribution in [2.24, 2.45) is 0 Å². The van der Waals surface area contributed by atoms with Gasteiger partial charge in [-0.25, -0.2) is 4.98 Å². The highest BCUT2D eigenvalue weighted by molar-refractivity contribution is 5.61. The largest absolute Gasteiger partial charge is 0.491 e. The van der Waals surface area contributed by atoms with Gasteiger partial charge < -0.3 is 15.4 Å². The number of anilines is 2. The molecule has 1 aliphatic heterocycles. The fourth-order valence-corrected chi connectivity index (χ4v) is 2.34. The molecule has 2 heterocycles. The van der Waals surface area contributed by atoms with Gasteiger partial charge in [-0.2, -0.15) is 0 Å². The highest BCUT2D eigenvalue weighted by Gasteiger charge is 2.24. The number of nitrogens with two attached hydrogens (primary N) is 1. The van der Waals surface area contributed by atoms with Crippen molar-refractivity contribution >= 4 is 17.3 Å². The van der Waals surface area contributed by atoms with Gasteiger partial charge in [0.25, 0.3) is 0 Å². The first-order valence-electron chi connectivity index (χ1n) is 6.52. The van der Waals surface area contributed by atoms with E-state index in [1.54, 1.807) is 0 Å². The minimum atomic E-state index is -0.445. The van der Waals surface area contributed by atoms with E-state index in [0.29, 0.717) is 19.7 Å². The van der Waals surface area contributed by atoms with Crippen LogP contribution in [0.25, 0.3) is 0 Å². The maximum Gasteiger partial charge on any atom is 0.311 e. The topological polar surface area (TPSA) is 94.5 Å². The number of fused-ring (bicyclic) bond motifs is 1. The number of ether oxygens (including phenoxy) is 1. The van der Waals surface area contributed by atoms with Crippen molar-refractivity contribution in [3.8, 4) is 5.75 Å². The molecule has 0 bridgehead atoms. The number of nitrogens with zero attached hydrogens (tertiary/aromatic N) is 3. The van der Waals surface area contributed by atoms with Gasteiger partial charge in [0.1, 0.15) is 18.2 Å². The van der Waals surface area contributed by atoms with E-state index in [-0.39, 0.29) is 17.3 Å². The first kappa shape index (κ1) is 13.2. The molecule has 0 saturated carbocycles. The molecular formula is C14H14N4O3. The average Bonchev–Trinajstić information content (AvgIpc) is 2.68. The standard InChI is InChI=1S/C14H14N4O3/c15-13-6-5-11(18(19)20)14(16-13)17-7-8-21-12-4-2-1-3-10(12)9-17/h1-6H,7-9H2,(H2,15,16). The van der Waals surface area contributed by atoms with Crippen LogP contribution in [0, 0.1) is 10.1 Å². The molecule has 0 amide bonds. The minimum Gasteiger partial charge on any atom is -0.491 e. The summed E-state index contributed by atoms with van der Waals surface area (Å²) >= 11 is 0. The molecule has 3 rings (SSSR count). The molecule has 0 fully saturated rings. The predicted octanol–water partition coefficient (Wildman–Crippen LogP) is 1.97. The summed E-state index contributed by atoms with van der Waals surface area (Å²) in [5.74, 6) is 1.33. The molecule has 0 spiro atoms. The number of para-hydroxylation sites is 1. The summed E-state index contributed by atoms with van der Waals surface area (Å²) in [6.45, 7) is 1.43. The molecule has 0 saturated heterocycles. The van der Waals surface area contributed by atoms with E-state index in [2.05, 4.69) is 4.98 Å².